The summed E-state index contributed by atoms with van der Waals surface area (Å²) in [4.78, 5) is 41.3. The van der Waals surface area contributed by atoms with Crippen molar-refractivity contribution in [1.82, 2.24) is 29.8 Å². The molecule has 1 N–H and O–H groups in total. The second-order valence-corrected chi connectivity index (χ2v) is 6.75. The van der Waals surface area contributed by atoms with Crippen LogP contribution in [-0.4, -0.2) is 36.9 Å². The summed E-state index contributed by atoms with van der Waals surface area (Å²) in [7, 11) is 1.32. The number of nitrogens with zero attached hydrogens (tertiary/aromatic N) is 5. The number of amides is 1. The standard InChI is InChI=1S/C20H18N6O5/c1-12-5-7-13(8-6-12)26-20(29)25(2)19(28)15(23-26)16-22-18(31-24-16)17(27)21-10-9-14-4-3-11-30-14/h3-8,11H,9-10H2,1-2H3,(H,21,27). The number of carbonyl (C=O) groups is 1. The Labute approximate surface area is 174 Å². The summed E-state index contributed by atoms with van der Waals surface area (Å²) in [5, 5.41) is 10.4. The lowest BCUT2D eigenvalue weighted by Gasteiger charge is -2.08. The molecule has 0 bridgehead atoms. The van der Waals surface area contributed by atoms with Crippen LogP contribution in [0.4, 0.5) is 0 Å². The highest BCUT2D eigenvalue weighted by molar-refractivity contribution is 5.89. The number of rotatable bonds is 6. The molecule has 158 valence electrons. The van der Waals surface area contributed by atoms with E-state index in [1.54, 1.807) is 30.5 Å². The molecule has 11 heteroatoms. The van der Waals surface area contributed by atoms with Gasteiger partial charge in [0.15, 0.2) is 5.69 Å². The number of hydrogen-bond donors (Lipinski definition) is 1. The molecule has 1 amide bonds. The maximum absolute atomic E-state index is 12.6. The van der Waals surface area contributed by atoms with Crippen LogP contribution in [0.3, 0.4) is 0 Å². The number of hydrogen-bond acceptors (Lipinski definition) is 8. The highest BCUT2D eigenvalue weighted by Gasteiger charge is 2.21. The van der Waals surface area contributed by atoms with Gasteiger partial charge in [0.05, 0.1) is 12.0 Å². The monoisotopic (exact) mass is 422 g/mol. The summed E-state index contributed by atoms with van der Waals surface area (Å²) < 4.78 is 12.1. The lowest BCUT2D eigenvalue weighted by atomic mass is 10.2. The second-order valence-electron chi connectivity index (χ2n) is 6.75. The maximum atomic E-state index is 12.6. The fourth-order valence-electron chi connectivity index (χ4n) is 2.81. The zero-order valence-electron chi connectivity index (χ0n) is 16.7. The van der Waals surface area contributed by atoms with E-state index in [1.807, 2.05) is 19.1 Å². The zero-order chi connectivity index (χ0) is 22.0. The van der Waals surface area contributed by atoms with Gasteiger partial charge in [0.1, 0.15) is 5.76 Å². The summed E-state index contributed by atoms with van der Waals surface area (Å²) in [6.07, 6.45) is 2.04. The van der Waals surface area contributed by atoms with Gasteiger partial charge in [-0.1, -0.05) is 22.9 Å². The molecule has 4 aromatic rings. The molecule has 0 aliphatic rings. The highest BCUT2D eigenvalue weighted by atomic mass is 16.5. The van der Waals surface area contributed by atoms with E-state index in [4.69, 9.17) is 8.94 Å². The summed E-state index contributed by atoms with van der Waals surface area (Å²) in [5.41, 5.74) is -0.0912. The zero-order valence-corrected chi connectivity index (χ0v) is 16.7. The van der Waals surface area contributed by atoms with E-state index in [2.05, 4.69) is 20.6 Å². The topological polar surface area (TPSA) is 138 Å². The fourth-order valence-corrected chi connectivity index (χ4v) is 2.81. The Morgan fingerprint density at radius 2 is 1.94 bits per heavy atom. The third-order valence-electron chi connectivity index (χ3n) is 4.52. The van der Waals surface area contributed by atoms with Crippen LogP contribution in [0.1, 0.15) is 22.0 Å². The molecule has 11 nitrogen and oxygen atoms in total. The number of aryl methyl sites for hydroxylation is 1. The molecular formula is C20H18N6O5. The molecule has 3 aromatic heterocycles. The average Bonchev–Trinajstić information content (AvgIpc) is 3.45. The molecule has 0 aliphatic carbocycles. The normalized spacial score (nSPS) is 10.9. The molecule has 0 unspecified atom stereocenters. The highest BCUT2D eigenvalue weighted by Crippen LogP contribution is 2.10. The fraction of sp³-hybridized carbons (Fsp3) is 0.200. The van der Waals surface area contributed by atoms with Crippen molar-refractivity contribution in [3.8, 4) is 17.2 Å². The first kappa shape index (κ1) is 20.0. The number of furan rings is 1. The minimum atomic E-state index is -0.709. The lowest BCUT2D eigenvalue weighted by Crippen LogP contribution is -2.40. The quantitative estimate of drug-likeness (QED) is 0.483. The van der Waals surface area contributed by atoms with Crippen LogP contribution < -0.4 is 16.6 Å². The Morgan fingerprint density at radius 1 is 1.16 bits per heavy atom. The lowest BCUT2D eigenvalue weighted by molar-refractivity contribution is 0.0910. The van der Waals surface area contributed by atoms with Crippen molar-refractivity contribution in [2.45, 2.75) is 13.3 Å². The number of aromatic nitrogens is 5. The Hall–Kier alpha value is -4.28. The van der Waals surface area contributed by atoms with E-state index < -0.39 is 17.2 Å². The first-order chi connectivity index (χ1) is 14.9. The average molecular weight is 422 g/mol. The Morgan fingerprint density at radius 3 is 2.65 bits per heavy atom. The predicted molar refractivity (Wildman–Crippen MR) is 108 cm³/mol. The van der Waals surface area contributed by atoms with Gasteiger partial charge in [-0.2, -0.15) is 14.8 Å². The van der Waals surface area contributed by atoms with Gasteiger partial charge in [-0.15, -0.1) is 0 Å². The van der Waals surface area contributed by atoms with Gasteiger partial charge in [-0.05, 0) is 31.2 Å². The molecule has 0 radical (unpaired) electrons. The summed E-state index contributed by atoms with van der Waals surface area (Å²) >= 11 is 0. The van der Waals surface area contributed by atoms with Crippen molar-refractivity contribution < 1.29 is 13.7 Å². The van der Waals surface area contributed by atoms with Gasteiger partial charge in [-0.25, -0.2) is 4.79 Å². The molecule has 1 aromatic carbocycles. The van der Waals surface area contributed by atoms with Crippen molar-refractivity contribution in [2.75, 3.05) is 6.54 Å². The molecular weight excluding hydrogens is 404 g/mol. The Kier molecular flexibility index (Phi) is 5.31. The van der Waals surface area contributed by atoms with Gasteiger partial charge >= 0.3 is 17.5 Å². The largest absolute Gasteiger partial charge is 0.469 e. The van der Waals surface area contributed by atoms with Crippen molar-refractivity contribution >= 4 is 5.91 Å². The molecule has 31 heavy (non-hydrogen) atoms. The van der Waals surface area contributed by atoms with Gasteiger partial charge in [0, 0.05) is 20.0 Å². The Bertz CT molecular complexity index is 1330. The SMILES string of the molecule is Cc1ccc(-n2nc(-c3noc(C(=O)NCCc4ccco4)n3)c(=O)n(C)c2=O)cc1. The van der Waals surface area contributed by atoms with Gasteiger partial charge in [0.25, 0.3) is 5.56 Å². The molecule has 0 fully saturated rings. The molecule has 4 rings (SSSR count). The Balaban J connectivity index is 1.60. The number of carbonyl (C=O) groups excluding carboxylic acids is 1. The minimum Gasteiger partial charge on any atom is -0.469 e. The van der Waals surface area contributed by atoms with Gasteiger partial charge in [0.2, 0.25) is 5.82 Å². The van der Waals surface area contributed by atoms with Gasteiger partial charge < -0.3 is 14.3 Å². The van der Waals surface area contributed by atoms with Crippen LogP contribution in [0.2, 0.25) is 0 Å². The van der Waals surface area contributed by atoms with Crippen LogP contribution in [0.15, 0.2) is 61.2 Å². The van der Waals surface area contributed by atoms with E-state index in [1.165, 1.54) is 7.05 Å². The molecule has 3 heterocycles. The smallest absolute Gasteiger partial charge is 0.351 e. The molecule has 0 aliphatic heterocycles. The van der Waals surface area contributed by atoms with Crippen LogP contribution in [0.5, 0.6) is 0 Å². The predicted octanol–water partition coefficient (Wildman–Crippen LogP) is 0.855. The van der Waals surface area contributed by atoms with Crippen LogP contribution in [0, 0.1) is 6.92 Å². The molecule has 0 spiro atoms. The van der Waals surface area contributed by atoms with Crippen molar-refractivity contribution in [3.05, 3.63) is 80.7 Å². The number of nitrogens with one attached hydrogen (secondary N) is 1. The third kappa shape index (κ3) is 4.06. The summed E-state index contributed by atoms with van der Waals surface area (Å²) in [6, 6.07) is 10.6. The third-order valence-corrected chi connectivity index (χ3v) is 4.52. The second kappa shape index (κ2) is 8.22. The van der Waals surface area contributed by atoms with Crippen molar-refractivity contribution in [2.24, 2.45) is 7.05 Å². The summed E-state index contributed by atoms with van der Waals surface area (Å²) in [5.74, 6) is -0.407. The van der Waals surface area contributed by atoms with E-state index in [-0.39, 0.29) is 17.4 Å². The first-order valence-corrected chi connectivity index (χ1v) is 9.36. The molecule has 0 atom stereocenters. The first-order valence-electron chi connectivity index (χ1n) is 9.36. The molecule has 0 saturated heterocycles. The van der Waals surface area contributed by atoms with Crippen molar-refractivity contribution in [1.29, 1.82) is 0 Å². The van der Waals surface area contributed by atoms with E-state index in [0.717, 1.165) is 20.6 Å². The van der Waals surface area contributed by atoms with E-state index in [9.17, 15) is 14.4 Å². The van der Waals surface area contributed by atoms with Gasteiger partial charge in [-0.3, -0.25) is 14.2 Å². The van der Waals surface area contributed by atoms with E-state index in [0.29, 0.717) is 18.7 Å². The maximum Gasteiger partial charge on any atom is 0.351 e. The summed E-state index contributed by atoms with van der Waals surface area (Å²) in [6.45, 7) is 2.20. The van der Waals surface area contributed by atoms with Crippen LogP contribution >= 0.6 is 0 Å². The van der Waals surface area contributed by atoms with E-state index >= 15 is 0 Å². The van der Waals surface area contributed by atoms with Crippen molar-refractivity contribution in [3.63, 3.8) is 0 Å². The molecule has 0 saturated carbocycles. The minimum absolute atomic E-state index is 0.197. The van der Waals surface area contributed by atoms with Crippen LogP contribution in [-0.2, 0) is 13.5 Å². The number of benzene rings is 1. The van der Waals surface area contributed by atoms with Crippen LogP contribution in [0.25, 0.3) is 17.2 Å².